The van der Waals surface area contributed by atoms with Crippen molar-refractivity contribution >= 4 is 29.2 Å². The summed E-state index contributed by atoms with van der Waals surface area (Å²) in [5, 5.41) is 2.85. The van der Waals surface area contributed by atoms with Gasteiger partial charge in [0.15, 0.2) is 0 Å². The number of nitrogen functional groups attached to an aromatic ring is 1. The highest BCUT2D eigenvalue weighted by Crippen LogP contribution is 2.16. The van der Waals surface area contributed by atoms with E-state index in [1.165, 1.54) is 17.0 Å². The topological polar surface area (TPSA) is 88.3 Å². The van der Waals surface area contributed by atoms with E-state index in [-0.39, 0.29) is 22.8 Å². The lowest BCUT2D eigenvalue weighted by Crippen LogP contribution is -2.55. The van der Waals surface area contributed by atoms with E-state index in [0.717, 1.165) is 0 Å². The molecule has 2 amide bonds. The third-order valence-electron chi connectivity index (χ3n) is 2.82. The number of piperazine rings is 1. The maximum Gasteiger partial charge on any atom is 0.254 e. The summed E-state index contributed by atoms with van der Waals surface area (Å²) in [6.45, 7) is 2.59. The van der Waals surface area contributed by atoms with Gasteiger partial charge in [-0.1, -0.05) is 11.6 Å². The molecule has 2 heterocycles. The first-order valence-electron chi connectivity index (χ1n) is 5.51. The van der Waals surface area contributed by atoms with E-state index in [1.807, 2.05) is 0 Å². The van der Waals surface area contributed by atoms with Crippen LogP contribution in [0, 0.1) is 0 Å². The van der Waals surface area contributed by atoms with E-state index >= 15 is 0 Å². The van der Waals surface area contributed by atoms with E-state index in [9.17, 15) is 9.59 Å². The van der Waals surface area contributed by atoms with Crippen molar-refractivity contribution in [1.29, 1.82) is 0 Å². The molecule has 2 rings (SSSR count). The van der Waals surface area contributed by atoms with Gasteiger partial charge in [-0.25, -0.2) is 4.98 Å². The summed E-state index contributed by atoms with van der Waals surface area (Å²) >= 11 is 5.76. The van der Waals surface area contributed by atoms with Gasteiger partial charge in [0.2, 0.25) is 5.91 Å². The lowest BCUT2D eigenvalue weighted by Gasteiger charge is -2.32. The smallest absolute Gasteiger partial charge is 0.254 e. The number of nitrogens with two attached hydrogens (primary N) is 1. The van der Waals surface area contributed by atoms with Crippen LogP contribution in [0.4, 0.5) is 5.82 Å². The largest absolute Gasteiger partial charge is 0.384 e. The third kappa shape index (κ3) is 2.38. The van der Waals surface area contributed by atoms with Gasteiger partial charge in [-0.3, -0.25) is 9.59 Å². The number of nitrogens with zero attached hydrogens (tertiary/aromatic N) is 2. The summed E-state index contributed by atoms with van der Waals surface area (Å²) in [5.74, 6) is -0.254. The molecule has 0 saturated carbocycles. The number of hydrogen-bond acceptors (Lipinski definition) is 4. The Kier molecular flexibility index (Phi) is 3.38. The fraction of sp³-hybridized carbons (Fsp3) is 0.364. The van der Waals surface area contributed by atoms with Crippen molar-refractivity contribution in [3.8, 4) is 0 Å². The van der Waals surface area contributed by atoms with Crippen molar-refractivity contribution in [3.05, 3.63) is 22.8 Å². The minimum absolute atomic E-state index is 0.160. The maximum atomic E-state index is 12.3. The molecule has 1 unspecified atom stereocenters. The number of carbonyl (C=O) groups excluding carboxylic acids is 2. The van der Waals surface area contributed by atoms with Crippen LogP contribution < -0.4 is 11.1 Å². The fourth-order valence-electron chi connectivity index (χ4n) is 1.87. The SMILES string of the molecule is CC1C(=O)NCCN1C(=O)c1cc(N)nc(Cl)c1. The lowest BCUT2D eigenvalue weighted by atomic mass is 10.1. The molecule has 1 aromatic heterocycles. The highest BCUT2D eigenvalue weighted by Gasteiger charge is 2.30. The normalized spacial score (nSPS) is 19.6. The molecule has 96 valence electrons. The average Bonchev–Trinajstić information content (AvgIpc) is 2.30. The lowest BCUT2D eigenvalue weighted by molar-refractivity contribution is -0.127. The molecule has 0 bridgehead atoms. The van der Waals surface area contributed by atoms with Gasteiger partial charge in [-0.05, 0) is 19.1 Å². The summed E-state index contributed by atoms with van der Waals surface area (Å²) in [5.41, 5.74) is 5.88. The van der Waals surface area contributed by atoms with Crippen molar-refractivity contribution in [2.24, 2.45) is 0 Å². The van der Waals surface area contributed by atoms with Crippen LogP contribution in [-0.2, 0) is 4.79 Å². The van der Waals surface area contributed by atoms with Crippen LogP contribution in [0.1, 0.15) is 17.3 Å². The van der Waals surface area contributed by atoms with Gasteiger partial charge < -0.3 is 16.0 Å². The Bertz CT molecular complexity index is 486. The molecule has 1 aromatic rings. The number of carbonyl (C=O) groups is 2. The van der Waals surface area contributed by atoms with Crippen molar-refractivity contribution in [2.75, 3.05) is 18.8 Å². The molecule has 0 aliphatic carbocycles. The second-order valence-corrected chi connectivity index (χ2v) is 4.46. The van der Waals surface area contributed by atoms with Crippen molar-refractivity contribution in [3.63, 3.8) is 0 Å². The van der Waals surface area contributed by atoms with Crippen LogP contribution in [0.25, 0.3) is 0 Å². The van der Waals surface area contributed by atoms with E-state index in [0.29, 0.717) is 18.7 Å². The van der Waals surface area contributed by atoms with Crippen LogP contribution in [0.5, 0.6) is 0 Å². The molecule has 1 atom stereocenters. The monoisotopic (exact) mass is 268 g/mol. The molecule has 1 aliphatic rings. The van der Waals surface area contributed by atoms with Crippen LogP contribution >= 0.6 is 11.6 Å². The maximum absolute atomic E-state index is 12.3. The molecule has 3 N–H and O–H groups in total. The van der Waals surface area contributed by atoms with Gasteiger partial charge >= 0.3 is 0 Å². The number of pyridine rings is 1. The number of amides is 2. The molecule has 18 heavy (non-hydrogen) atoms. The van der Waals surface area contributed by atoms with Crippen LogP contribution in [-0.4, -0.2) is 40.8 Å². The standard InChI is InChI=1S/C11H13ClN4O2/c1-6-10(17)14-2-3-16(6)11(18)7-4-8(12)15-9(13)5-7/h4-6H,2-3H2,1H3,(H2,13,15)(H,14,17). The van der Waals surface area contributed by atoms with Gasteiger partial charge in [-0.15, -0.1) is 0 Å². The quantitative estimate of drug-likeness (QED) is 0.716. The molecular weight excluding hydrogens is 256 g/mol. The van der Waals surface area contributed by atoms with Crippen molar-refractivity contribution in [1.82, 2.24) is 15.2 Å². The average molecular weight is 269 g/mol. The number of rotatable bonds is 1. The van der Waals surface area contributed by atoms with E-state index in [1.54, 1.807) is 6.92 Å². The molecule has 1 aliphatic heterocycles. The third-order valence-corrected chi connectivity index (χ3v) is 3.01. The Morgan fingerprint density at radius 3 is 3.00 bits per heavy atom. The summed E-state index contributed by atoms with van der Waals surface area (Å²) < 4.78 is 0. The zero-order valence-electron chi connectivity index (χ0n) is 9.81. The number of nitrogens with one attached hydrogen (secondary N) is 1. The molecule has 0 spiro atoms. The Morgan fingerprint density at radius 2 is 2.33 bits per heavy atom. The molecule has 0 radical (unpaired) electrons. The molecule has 1 saturated heterocycles. The predicted molar refractivity (Wildman–Crippen MR) is 67.2 cm³/mol. The first-order valence-corrected chi connectivity index (χ1v) is 5.88. The van der Waals surface area contributed by atoms with E-state index in [2.05, 4.69) is 10.3 Å². The Hall–Kier alpha value is -1.82. The summed E-state index contributed by atoms with van der Waals surface area (Å²) in [4.78, 5) is 29.0. The summed E-state index contributed by atoms with van der Waals surface area (Å²) in [7, 11) is 0. The molecule has 7 heteroatoms. The van der Waals surface area contributed by atoms with Gasteiger partial charge in [0.25, 0.3) is 5.91 Å². The zero-order valence-corrected chi connectivity index (χ0v) is 10.6. The summed E-state index contributed by atoms with van der Waals surface area (Å²) in [6, 6.07) is 2.40. The fourth-order valence-corrected chi connectivity index (χ4v) is 2.08. The molecule has 1 fully saturated rings. The Balaban J connectivity index is 2.27. The highest BCUT2D eigenvalue weighted by atomic mass is 35.5. The van der Waals surface area contributed by atoms with Gasteiger partial charge in [-0.2, -0.15) is 0 Å². The molecule has 6 nitrogen and oxygen atoms in total. The van der Waals surface area contributed by atoms with Gasteiger partial charge in [0.05, 0.1) is 0 Å². The highest BCUT2D eigenvalue weighted by molar-refractivity contribution is 6.29. The second-order valence-electron chi connectivity index (χ2n) is 4.07. The first-order chi connectivity index (χ1) is 8.49. The number of anilines is 1. The Morgan fingerprint density at radius 1 is 1.61 bits per heavy atom. The summed E-state index contributed by atoms with van der Waals surface area (Å²) in [6.07, 6.45) is 0. The second kappa shape index (κ2) is 4.81. The van der Waals surface area contributed by atoms with Crippen LogP contribution in [0.3, 0.4) is 0 Å². The van der Waals surface area contributed by atoms with E-state index in [4.69, 9.17) is 17.3 Å². The van der Waals surface area contributed by atoms with Gasteiger partial charge in [0, 0.05) is 18.7 Å². The minimum atomic E-state index is -0.501. The number of hydrogen-bond donors (Lipinski definition) is 2. The molecular formula is C11H13ClN4O2. The van der Waals surface area contributed by atoms with Gasteiger partial charge in [0.1, 0.15) is 17.0 Å². The van der Waals surface area contributed by atoms with Crippen LogP contribution in [0.2, 0.25) is 5.15 Å². The van der Waals surface area contributed by atoms with Crippen molar-refractivity contribution in [2.45, 2.75) is 13.0 Å². The van der Waals surface area contributed by atoms with Crippen molar-refractivity contribution < 1.29 is 9.59 Å². The Labute approximate surface area is 109 Å². The predicted octanol–water partition coefficient (Wildman–Crippen LogP) is 0.278. The molecule has 0 aromatic carbocycles. The van der Waals surface area contributed by atoms with Crippen LogP contribution in [0.15, 0.2) is 12.1 Å². The number of halogens is 1. The number of aromatic nitrogens is 1. The first kappa shape index (κ1) is 12.6. The van der Waals surface area contributed by atoms with E-state index < -0.39 is 6.04 Å². The minimum Gasteiger partial charge on any atom is -0.384 e. The zero-order chi connectivity index (χ0) is 13.3.